The molecule has 4 rings (SSSR count). The third kappa shape index (κ3) is 2.61. The summed E-state index contributed by atoms with van der Waals surface area (Å²) in [5.74, 6) is 0. The van der Waals surface area contributed by atoms with E-state index < -0.39 is 0 Å². The summed E-state index contributed by atoms with van der Waals surface area (Å²) < 4.78 is 3.22. The van der Waals surface area contributed by atoms with Gasteiger partial charge in [0.2, 0.25) is 5.28 Å². The normalized spacial score (nSPS) is 20.7. The molecule has 0 amide bonds. The largest absolute Gasteiger partial charge is 0.333 e. The number of hydrogen-bond acceptors (Lipinski definition) is 3. The lowest BCUT2D eigenvalue weighted by Gasteiger charge is -2.28. The summed E-state index contributed by atoms with van der Waals surface area (Å²) in [5.41, 5.74) is 0.326. The number of H-pyrrole nitrogens is 1. The zero-order valence-electron chi connectivity index (χ0n) is 13.8. The average molecular weight is 351 g/mol. The molecule has 2 aliphatic carbocycles. The second-order valence-corrected chi connectivity index (χ2v) is 7.50. The van der Waals surface area contributed by atoms with Crippen LogP contribution >= 0.6 is 11.6 Å². The van der Waals surface area contributed by atoms with Crippen LogP contribution in [0.4, 0.5) is 0 Å². The van der Waals surface area contributed by atoms with Crippen LogP contribution in [0.15, 0.2) is 9.59 Å². The van der Waals surface area contributed by atoms with E-state index >= 15 is 0 Å². The summed E-state index contributed by atoms with van der Waals surface area (Å²) in [4.78, 5) is 33.3. The smallest absolute Gasteiger partial charge is 0.323 e. The van der Waals surface area contributed by atoms with Crippen molar-refractivity contribution in [3.05, 3.63) is 26.1 Å². The van der Waals surface area contributed by atoms with Gasteiger partial charge in [0, 0.05) is 12.1 Å². The second kappa shape index (κ2) is 6.39. The van der Waals surface area contributed by atoms with Gasteiger partial charge in [-0.2, -0.15) is 4.98 Å². The number of nitrogens with one attached hydrogen (secondary N) is 1. The summed E-state index contributed by atoms with van der Waals surface area (Å²) in [6.45, 7) is 0. The number of fused-ring (bicyclic) bond motifs is 1. The first-order valence-corrected chi connectivity index (χ1v) is 9.47. The fraction of sp³-hybridized carbons (Fsp3) is 0.706. The Bertz CT molecular complexity index is 854. The number of aromatic nitrogens is 4. The summed E-state index contributed by atoms with van der Waals surface area (Å²) >= 11 is 6.03. The first-order valence-electron chi connectivity index (χ1n) is 9.09. The van der Waals surface area contributed by atoms with Crippen LogP contribution in [0.3, 0.4) is 0 Å². The van der Waals surface area contributed by atoms with E-state index in [1.54, 1.807) is 4.57 Å². The number of rotatable bonds is 2. The maximum absolute atomic E-state index is 13.2. The van der Waals surface area contributed by atoms with Gasteiger partial charge in [0.05, 0.1) is 0 Å². The molecule has 0 aliphatic heterocycles. The Morgan fingerprint density at radius 2 is 1.42 bits per heavy atom. The van der Waals surface area contributed by atoms with Crippen molar-refractivity contribution >= 4 is 22.8 Å². The summed E-state index contributed by atoms with van der Waals surface area (Å²) in [6, 6.07) is 0.114. The Balaban J connectivity index is 1.95. The molecule has 0 saturated heterocycles. The van der Waals surface area contributed by atoms with E-state index in [-0.39, 0.29) is 28.6 Å². The quantitative estimate of drug-likeness (QED) is 0.842. The molecule has 0 atom stereocenters. The fourth-order valence-electron chi connectivity index (χ4n) is 4.40. The predicted molar refractivity (Wildman–Crippen MR) is 93.9 cm³/mol. The molecule has 0 radical (unpaired) electrons. The number of imidazole rings is 1. The van der Waals surface area contributed by atoms with Gasteiger partial charge in [-0.25, -0.2) is 4.79 Å². The Labute approximate surface area is 144 Å². The summed E-state index contributed by atoms with van der Waals surface area (Å²) in [6.07, 6.45) is 10.5. The van der Waals surface area contributed by atoms with E-state index in [2.05, 4.69) is 9.97 Å². The predicted octanol–water partition coefficient (Wildman–Crippen LogP) is 3.55. The molecule has 130 valence electrons. The van der Waals surface area contributed by atoms with Crippen LogP contribution in [0, 0.1) is 0 Å². The molecule has 1 N–H and O–H groups in total. The van der Waals surface area contributed by atoms with E-state index in [9.17, 15) is 9.59 Å². The van der Waals surface area contributed by atoms with E-state index in [1.165, 1.54) is 17.4 Å². The Hall–Kier alpha value is -1.56. The van der Waals surface area contributed by atoms with Gasteiger partial charge in [-0.05, 0) is 37.3 Å². The minimum absolute atomic E-state index is 0.0000612. The SMILES string of the molecule is O=c1c2[nH]c(Cl)nc2n(C2CCCCC2)c(=O)n1C1CCCCC1. The Kier molecular flexibility index (Phi) is 4.24. The van der Waals surface area contributed by atoms with Crippen molar-refractivity contribution in [2.24, 2.45) is 0 Å². The molecule has 0 bridgehead atoms. The highest BCUT2D eigenvalue weighted by Crippen LogP contribution is 2.30. The van der Waals surface area contributed by atoms with Crippen LogP contribution < -0.4 is 11.2 Å². The van der Waals surface area contributed by atoms with Gasteiger partial charge in [0.15, 0.2) is 11.2 Å². The van der Waals surface area contributed by atoms with Gasteiger partial charge < -0.3 is 4.98 Å². The van der Waals surface area contributed by atoms with Crippen LogP contribution in [0.5, 0.6) is 0 Å². The maximum atomic E-state index is 13.2. The molecule has 2 aromatic heterocycles. The molecule has 6 nitrogen and oxygen atoms in total. The molecule has 0 spiro atoms. The summed E-state index contributed by atoms with van der Waals surface area (Å²) in [7, 11) is 0. The molecule has 2 heterocycles. The van der Waals surface area contributed by atoms with Crippen LogP contribution in [0.1, 0.15) is 76.3 Å². The molecule has 2 fully saturated rings. The van der Waals surface area contributed by atoms with Gasteiger partial charge in [0.1, 0.15) is 0 Å². The fourth-order valence-corrected chi connectivity index (χ4v) is 4.58. The third-order valence-electron chi connectivity index (χ3n) is 5.61. The first-order chi connectivity index (χ1) is 11.7. The number of hydrogen-bond donors (Lipinski definition) is 1. The van der Waals surface area contributed by atoms with Crippen molar-refractivity contribution in [1.29, 1.82) is 0 Å². The molecule has 2 aliphatic rings. The topological polar surface area (TPSA) is 72.7 Å². The molecule has 7 heteroatoms. The Morgan fingerprint density at radius 1 is 0.875 bits per heavy atom. The van der Waals surface area contributed by atoms with Crippen molar-refractivity contribution in [2.75, 3.05) is 0 Å². The highest BCUT2D eigenvalue weighted by atomic mass is 35.5. The average Bonchev–Trinajstić information content (AvgIpc) is 2.98. The molecule has 0 aromatic carbocycles. The van der Waals surface area contributed by atoms with Crippen molar-refractivity contribution in [3.8, 4) is 0 Å². The number of halogens is 1. The van der Waals surface area contributed by atoms with Crippen molar-refractivity contribution < 1.29 is 0 Å². The number of aromatic amines is 1. The van der Waals surface area contributed by atoms with E-state index in [0.717, 1.165) is 51.4 Å². The Morgan fingerprint density at radius 3 is 2.00 bits per heavy atom. The van der Waals surface area contributed by atoms with Crippen molar-refractivity contribution in [1.82, 2.24) is 19.1 Å². The van der Waals surface area contributed by atoms with E-state index in [1.807, 2.05) is 0 Å². The van der Waals surface area contributed by atoms with Crippen LogP contribution in [0.2, 0.25) is 5.28 Å². The molecule has 2 saturated carbocycles. The van der Waals surface area contributed by atoms with Gasteiger partial charge in [-0.15, -0.1) is 0 Å². The minimum atomic E-state index is -0.270. The van der Waals surface area contributed by atoms with Gasteiger partial charge in [-0.3, -0.25) is 13.9 Å². The van der Waals surface area contributed by atoms with Crippen molar-refractivity contribution in [2.45, 2.75) is 76.3 Å². The molecule has 0 unspecified atom stereocenters. The van der Waals surface area contributed by atoms with E-state index in [4.69, 9.17) is 11.6 Å². The zero-order valence-corrected chi connectivity index (χ0v) is 14.5. The van der Waals surface area contributed by atoms with Crippen LogP contribution in [0.25, 0.3) is 11.2 Å². The summed E-state index contributed by atoms with van der Waals surface area (Å²) in [5, 5.41) is 0.174. The van der Waals surface area contributed by atoms with Gasteiger partial charge in [0.25, 0.3) is 5.56 Å². The molecular formula is C17H23ClN4O2. The lowest BCUT2D eigenvalue weighted by molar-refractivity contribution is 0.306. The lowest BCUT2D eigenvalue weighted by atomic mass is 9.94. The van der Waals surface area contributed by atoms with Crippen LogP contribution in [-0.2, 0) is 0 Å². The third-order valence-corrected chi connectivity index (χ3v) is 5.79. The molecule has 24 heavy (non-hydrogen) atoms. The monoisotopic (exact) mass is 350 g/mol. The van der Waals surface area contributed by atoms with Crippen molar-refractivity contribution in [3.63, 3.8) is 0 Å². The highest BCUT2D eigenvalue weighted by molar-refractivity contribution is 6.28. The first kappa shape index (κ1) is 15.9. The van der Waals surface area contributed by atoms with Gasteiger partial charge in [-0.1, -0.05) is 38.5 Å². The second-order valence-electron chi connectivity index (χ2n) is 7.14. The number of nitrogens with zero attached hydrogens (tertiary/aromatic N) is 3. The zero-order chi connectivity index (χ0) is 16.7. The van der Waals surface area contributed by atoms with Crippen LogP contribution in [-0.4, -0.2) is 19.1 Å². The van der Waals surface area contributed by atoms with E-state index in [0.29, 0.717) is 11.2 Å². The molecule has 2 aromatic rings. The molecular weight excluding hydrogens is 328 g/mol. The standard InChI is InChI=1S/C17H23ClN4O2/c18-16-19-13-14(20-16)21(11-7-3-1-4-8-11)17(24)22(15(13)23)12-9-5-2-6-10-12/h11-12H,1-10H2,(H,19,20). The maximum Gasteiger partial charge on any atom is 0.333 e. The lowest BCUT2D eigenvalue weighted by Crippen LogP contribution is -2.44. The van der Waals surface area contributed by atoms with Gasteiger partial charge >= 0.3 is 5.69 Å². The highest BCUT2D eigenvalue weighted by Gasteiger charge is 2.27. The minimum Gasteiger partial charge on any atom is -0.323 e.